The Morgan fingerprint density at radius 1 is 0.893 bits per heavy atom. The van der Waals surface area contributed by atoms with Crippen molar-refractivity contribution in [3.8, 4) is 5.75 Å². The van der Waals surface area contributed by atoms with Gasteiger partial charge in [0.05, 0.1) is 37.9 Å². The number of hydrogen-bond donors (Lipinski definition) is 1. The van der Waals surface area contributed by atoms with Crippen LogP contribution in [0, 0.1) is 5.92 Å². The molecule has 0 spiro atoms. The molecule has 7 nitrogen and oxygen atoms in total. The van der Waals surface area contributed by atoms with Crippen molar-refractivity contribution in [1.82, 2.24) is 0 Å². The number of benzene rings is 1. The van der Waals surface area contributed by atoms with E-state index in [1.165, 1.54) is 43.5 Å². The van der Waals surface area contributed by atoms with Crippen molar-refractivity contribution in [2.75, 3.05) is 46.2 Å². The molecular formula is C20H34O7S. The molecule has 1 rings (SSSR count). The molecule has 0 radical (unpaired) electrons. The molecule has 0 aliphatic rings. The molecule has 0 heterocycles. The van der Waals surface area contributed by atoms with E-state index in [-0.39, 0.29) is 4.90 Å². The summed E-state index contributed by atoms with van der Waals surface area (Å²) in [6.45, 7) is 8.09. The van der Waals surface area contributed by atoms with Crippen molar-refractivity contribution >= 4 is 10.1 Å². The van der Waals surface area contributed by atoms with E-state index in [1.54, 1.807) is 0 Å². The van der Waals surface area contributed by atoms with Crippen LogP contribution in [0.5, 0.6) is 5.75 Å². The first-order valence-corrected chi connectivity index (χ1v) is 11.3. The summed E-state index contributed by atoms with van der Waals surface area (Å²) >= 11 is 0. The molecule has 1 atom stereocenters. The fraction of sp³-hybridized carbons (Fsp3) is 0.700. The SMILES string of the molecule is CCCCC(CC)COCCOCCOCCOc1ccc(S(=O)(=O)O)cc1. The summed E-state index contributed by atoms with van der Waals surface area (Å²) < 4.78 is 52.8. The fourth-order valence-electron chi connectivity index (χ4n) is 2.51. The van der Waals surface area contributed by atoms with E-state index in [0.29, 0.717) is 51.3 Å². The van der Waals surface area contributed by atoms with Crippen LogP contribution in [-0.2, 0) is 24.3 Å². The Balaban J connectivity index is 1.95. The minimum atomic E-state index is -4.18. The van der Waals surface area contributed by atoms with Gasteiger partial charge >= 0.3 is 0 Å². The number of hydrogen-bond acceptors (Lipinski definition) is 6. The summed E-state index contributed by atoms with van der Waals surface area (Å²) in [6.07, 6.45) is 4.87. The molecule has 0 fully saturated rings. The molecule has 162 valence electrons. The Morgan fingerprint density at radius 3 is 2.00 bits per heavy atom. The quantitative estimate of drug-likeness (QED) is 0.305. The lowest BCUT2D eigenvalue weighted by atomic mass is 10.0. The van der Waals surface area contributed by atoms with Gasteiger partial charge in [-0.3, -0.25) is 4.55 Å². The second-order valence-electron chi connectivity index (χ2n) is 6.51. The van der Waals surface area contributed by atoms with E-state index in [9.17, 15) is 8.42 Å². The van der Waals surface area contributed by atoms with Gasteiger partial charge < -0.3 is 18.9 Å². The zero-order chi connectivity index (χ0) is 20.7. The van der Waals surface area contributed by atoms with Crippen molar-refractivity contribution in [3.63, 3.8) is 0 Å². The summed E-state index contributed by atoms with van der Waals surface area (Å²) in [5.74, 6) is 1.15. The van der Waals surface area contributed by atoms with E-state index in [4.69, 9.17) is 23.5 Å². The number of ether oxygens (including phenoxy) is 4. The lowest BCUT2D eigenvalue weighted by Crippen LogP contribution is -2.15. The van der Waals surface area contributed by atoms with Crippen LogP contribution in [0.3, 0.4) is 0 Å². The normalized spacial score (nSPS) is 12.8. The number of rotatable bonds is 17. The second kappa shape index (κ2) is 14.8. The highest BCUT2D eigenvalue weighted by Crippen LogP contribution is 2.15. The van der Waals surface area contributed by atoms with Crippen LogP contribution in [0.2, 0.25) is 0 Å². The van der Waals surface area contributed by atoms with E-state index in [2.05, 4.69) is 13.8 Å². The maximum absolute atomic E-state index is 10.9. The van der Waals surface area contributed by atoms with Gasteiger partial charge in [0.25, 0.3) is 10.1 Å². The van der Waals surface area contributed by atoms with Crippen molar-refractivity contribution in [1.29, 1.82) is 0 Å². The third-order valence-electron chi connectivity index (χ3n) is 4.26. The smallest absolute Gasteiger partial charge is 0.294 e. The van der Waals surface area contributed by atoms with E-state index >= 15 is 0 Å². The Labute approximate surface area is 169 Å². The van der Waals surface area contributed by atoms with Crippen LogP contribution < -0.4 is 4.74 Å². The Bertz CT molecular complexity index is 601. The third-order valence-corrected chi connectivity index (χ3v) is 5.13. The van der Waals surface area contributed by atoms with Crippen molar-refractivity contribution in [3.05, 3.63) is 24.3 Å². The lowest BCUT2D eigenvalue weighted by molar-refractivity contribution is 0.00223. The Morgan fingerprint density at radius 2 is 1.46 bits per heavy atom. The van der Waals surface area contributed by atoms with Crippen LogP contribution in [0.1, 0.15) is 39.5 Å². The van der Waals surface area contributed by atoms with Crippen LogP contribution >= 0.6 is 0 Å². The second-order valence-corrected chi connectivity index (χ2v) is 7.93. The predicted molar refractivity (Wildman–Crippen MR) is 108 cm³/mol. The summed E-state index contributed by atoms with van der Waals surface area (Å²) in [4.78, 5) is -0.164. The van der Waals surface area contributed by atoms with Crippen LogP contribution in [0.4, 0.5) is 0 Å². The summed E-state index contributed by atoms with van der Waals surface area (Å²) in [7, 11) is -4.18. The summed E-state index contributed by atoms with van der Waals surface area (Å²) in [5, 5.41) is 0. The molecular weight excluding hydrogens is 384 g/mol. The molecule has 0 aliphatic heterocycles. The molecule has 0 amide bonds. The monoisotopic (exact) mass is 418 g/mol. The minimum absolute atomic E-state index is 0.164. The summed E-state index contributed by atoms with van der Waals surface area (Å²) in [6, 6.07) is 5.54. The molecule has 8 heteroatoms. The van der Waals surface area contributed by atoms with E-state index in [1.807, 2.05) is 0 Å². The summed E-state index contributed by atoms with van der Waals surface area (Å²) in [5.41, 5.74) is 0. The van der Waals surface area contributed by atoms with Gasteiger partial charge in [-0.2, -0.15) is 8.42 Å². The highest BCUT2D eigenvalue weighted by Gasteiger charge is 2.08. The van der Waals surface area contributed by atoms with Gasteiger partial charge in [-0.15, -0.1) is 0 Å². The topological polar surface area (TPSA) is 91.3 Å². The van der Waals surface area contributed by atoms with Crippen molar-refractivity contribution < 1.29 is 31.9 Å². The maximum Gasteiger partial charge on any atom is 0.294 e. The first kappa shape index (κ1) is 24.8. The van der Waals surface area contributed by atoms with Gasteiger partial charge in [0.2, 0.25) is 0 Å². The van der Waals surface area contributed by atoms with Crippen LogP contribution in [0.25, 0.3) is 0 Å². The molecule has 0 saturated heterocycles. The molecule has 0 bridgehead atoms. The van der Waals surface area contributed by atoms with Gasteiger partial charge in [-0.05, 0) is 36.6 Å². The first-order chi connectivity index (χ1) is 13.5. The average molecular weight is 419 g/mol. The molecule has 28 heavy (non-hydrogen) atoms. The van der Waals surface area contributed by atoms with Gasteiger partial charge in [-0.25, -0.2) is 0 Å². The third kappa shape index (κ3) is 11.6. The van der Waals surface area contributed by atoms with Gasteiger partial charge in [0, 0.05) is 6.61 Å². The molecule has 1 unspecified atom stereocenters. The molecule has 1 N–H and O–H groups in total. The number of unbranched alkanes of at least 4 members (excludes halogenated alkanes) is 1. The molecule has 1 aromatic carbocycles. The van der Waals surface area contributed by atoms with Gasteiger partial charge in [0.1, 0.15) is 12.4 Å². The Kier molecular flexibility index (Phi) is 13.1. The first-order valence-electron chi connectivity index (χ1n) is 9.91. The predicted octanol–water partition coefficient (Wildman–Crippen LogP) is 3.58. The fourth-order valence-corrected chi connectivity index (χ4v) is 2.99. The molecule has 0 aliphatic carbocycles. The minimum Gasteiger partial charge on any atom is -0.491 e. The standard InChI is InChI=1S/C20H34O7S/c1-3-5-6-18(4-2)17-26-14-13-24-11-12-25-15-16-27-19-7-9-20(10-8-19)28(21,22)23/h7-10,18H,3-6,11-17H2,1-2H3,(H,21,22,23). The van der Waals surface area contributed by atoms with Crippen molar-refractivity contribution in [2.45, 2.75) is 44.4 Å². The molecule has 0 aromatic heterocycles. The largest absolute Gasteiger partial charge is 0.491 e. The highest BCUT2D eigenvalue weighted by atomic mass is 32.2. The van der Waals surface area contributed by atoms with Crippen LogP contribution in [-0.4, -0.2) is 59.2 Å². The zero-order valence-electron chi connectivity index (χ0n) is 17.0. The lowest BCUT2D eigenvalue weighted by Gasteiger charge is -2.14. The van der Waals surface area contributed by atoms with Gasteiger partial charge in [0.15, 0.2) is 0 Å². The Hall–Kier alpha value is -1.19. The zero-order valence-corrected chi connectivity index (χ0v) is 17.8. The van der Waals surface area contributed by atoms with Gasteiger partial charge in [-0.1, -0.05) is 33.1 Å². The van der Waals surface area contributed by atoms with Crippen LogP contribution in [0.15, 0.2) is 29.2 Å². The average Bonchev–Trinajstić information content (AvgIpc) is 2.68. The van der Waals surface area contributed by atoms with E-state index in [0.717, 1.165) is 13.0 Å². The van der Waals surface area contributed by atoms with Crippen molar-refractivity contribution in [2.24, 2.45) is 5.92 Å². The molecule has 0 saturated carbocycles. The van der Waals surface area contributed by atoms with E-state index < -0.39 is 10.1 Å². The highest BCUT2D eigenvalue weighted by molar-refractivity contribution is 7.85. The molecule has 1 aromatic rings. The maximum atomic E-state index is 10.9.